The Hall–Kier alpha value is -2.94. The largest absolute Gasteiger partial charge is 0.493 e. The molecule has 2 heterocycles. The molecule has 0 saturated carbocycles. The molecule has 0 aliphatic heterocycles. The Morgan fingerprint density at radius 2 is 1.96 bits per heavy atom. The molecule has 2 N–H and O–H groups in total. The number of nitrogens with one attached hydrogen (secondary N) is 2. The highest BCUT2D eigenvalue weighted by atomic mass is 32.1. The first kappa shape index (κ1) is 15.0. The second-order valence-corrected chi connectivity index (χ2v) is 5.49. The molecule has 0 spiro atoms. The quantitative estimate of drug-likeness (QED) is 0.752. The van der Waals surface area contributed by atoms with Crippen LogP contribution >= 0.6 is 11.3 Å². The number of rotatable bonds is 4. The molecule has 0 aliphatic carbocycles. The van der Waals surface area contributed by atoms with Gasteiger partial charge in [-0.05, 0) is 6.07 Å². The summed E-state index contributed by atoms with van der Waals surface area (Å²) in [4.78, 5) is 27.4. The average molecular weight is 332 g/mol. The molecular formula is C14H12N4O4S. The molecule has 0 fully saturated rings. The topological polar surface area (TPSA) is 106 Å². The van der Waals surface area contributed by atoms with Crippen LogP contribution in [-0.4, -0.2) is 35.3 Å². The molecule has 0 unspecified atom stereocenters. The van der Waals surface area contributed by atoms with Crippen molar-refractivity contribution in [1.82, 2.24) is 15.2 Å². The number of fused-ring (bicyclic) bond motifs is 1. The molecular weight excluding hydrogens is 320 g/mol. The summed E-state index contributed by atoms with van der Waals surface area (Å²) in [5.41, 5.74) is 0.400. The Morgan fingerprint density at radius 1 is 1.22 bits per heavy atom. The predicted octanol–water partition coefficient (Wildman–Crippen LogP) is 1.65. The number of aromatic amines is 1. The molecule has 9 heteroatoms. The monoisotopic (exact) mass is 332 g/mol. The molecule has 0 aliphatic rings. The van der Waals surface area contributed by atoms with Gasteiger partial charge in [0.25, 0.3) is 11.5 Å². The van der Waals surface area contributed by atoms with Crippen molar-refractivity contribution in [2.24, 2.45) is 0 Å². The fraction of sp³-hybridized carbons (Fsp3) is 0.143. The fourth-order valence-electron chi connectivity index (χ4n) is 1.94. The summed E-state index contributed by atoms with van der Waals surface area (Å²) in [7, 11) is 3.09. The Morgan fingerprint density at radius 3 is 2.61 bits per heavy atom. The van der Waals surface area contributed by atoms with E-state index >= 15 is 0 Å². The second-order valence-electron chi connectivity index (χ2n) is 4.45. The summed E-state index contributed by atoms with van der Waals surface area (Å²) >= 11 is 1.29. The van der Waals surface area contributed by atoms with Gasteiger partial charge in [-0.15, -0.1) is 0 Å². The van der Waals surface area contributed by atoms with E-state index in [9.17, 15) is 9.59 Å². The lowest BCUT2D eigenvalue weighted by Crippen LogP contribution is -2.17. The van der Waals surface area contributed by atoms with Gasteiger partial charge in [-0.25, -0.2) is 10.1 Å². The van der Waals surface area contributed by atoms with Crippen molar-refractivity contribution in [3.63, 3.8) is 0 Å². The number of nitrogens with zero attached hydrogens (tertiary/aromatic N) is 2. The first-order chi connectivity index (χ1) is 11.1. The second kappa shape index (κ2) is 6.05. The third-order valence-electron chi connectivity index (χ3n) is 3.03. The van der Waals surface area contributed by atoms with Crippen LogP contribution < -0.4 is 20.3 Å². The highest BCUT2D eigenvalue weighted by Crippen LogP contribution is 2.36. The highest BCUT2D eigenvalue weighted by molar-refractivity contribution is 7.22. The number of hydrogen-bond donors (Lipinski definition) is 2. The lowest BCUT2D eigenvalue weighted by atomic mass is 10.3. The zero-order valence-corrected chi connectivity index (χ0v) is 13.1. The van der Waals surface area contributed by atoms with Crippen molar-refractivity contribution in [2.75, 3.05) is 19.5 Å². The minimum Gasteiger partial charge on any atom is -0.493 e. The van der Waals surface area contributed by atoms with Gasteiger partial charge in [-0.3, -0.25) is 14.9 Å². The molecule has 0 radical (unpaired) electrons. The summed E-state index contributed by atoms with van der Waals surface area (Å²) in [6, 6.07) is 6.10. The van der Waals surface area contributed by atoms with Crippen molar-refractivity contribution in [3.05, 3.63) is 40.3 Å². The van der Waals surface area contributed by atoms with Gasteiger partial charge in [0.2, 0.25) is 0 Å². The SMILES string of the molecule is COc1cc2nc(NC(=O)c3ccc(=O)[nH]n3)sc2cc1OC. The summed E-state index contributed by atoms with van der Waals surface area (Å²) in [6.07, 6.45) is 0. The minimum atomic E-state index is -0.459. The molecule has 1 amide bonds. The van der Waals surface area contributed by atoms with E-state index in [0.29, 0.717) is 22.1 Å². The number of anilines is 1. The maximum Gasteiger partial charge on any atom is 0.277 e. The number of aromatic nitrogens is 3. The maximum absolute atomic E-state index is 12.1. The number of hydrogen-bond acceptors (Lipinski definition) is 7. The van der Waals surface area contributed by atoms with E-state index in [-0.39, 0.29) is 11.3 Å². The minimum absolute atomic E-state index is 0.0963. The van der Waals surface area contributed by atoms with Crippen LogP contribution in [-0.2, 0) is 0 Å². The van der Waals surface area contributed by atoms with E-state index in [1.807, 2.05) is 0 Å². The Labute approximate surface area is 134 Å². The van der Waals surface area contributed by atoms with Crippen LogP contribution in [0.5, 0.6) is 11.5 Å². The molecule has 3 aromatic rings. The van der Waals surface area contributed by atoms with E-state index in [2.05, 4.69) is 20.5 Å². The maximum atomic E-state index is 12.1. The van der Waals surface area contributed by atoms with Crippen molar-refractivity contribution in [1.29, 1.82) is 0 Å². The lowest BCUT2D eigenvalue weighted by molar-refractivity contribution is 0.102. The summed E-state index contributed by atoms with van der Waals surface area (Å²) in [5, 5.41) is 8.93. The molecule has 2 aromatic heterocycles. The third-order valence-corrected chi connectivity index (χ3v) is 3.96. The standard InChI is InChI=1S/C14H12N4O4S/c1-21-9-5-8-11(6-10(9)22-2)23-14(15-8)16-13(20)7-3-4-12(19)18-17-7/h3-6H,1-2H3,(H,18,19)(H,15,16,20). The van der Waals surface area contributed by atoms with E-state index < -0.39 is 5.91 Å². The van der Waals surface area contributed by atoms with Gasteiger partial charge in [0.15, 0.2) is 16.6 Å². The van der Waals surface area contributed by atoms with Crippen molar-refractivity contribution >= 4 is 32.6 Å². The van der Waals surface area contributed by atoms with Crippen LogP contribution in [0.2, 0.25) is 0 Å². The third kappa shape index (κ3) is 2.99. The number of ether oxygens (including phenoxy) is 2. The number of H-pyrrole nitrogens is 1. The van der Waals surface area contributed by atoms with Crippen LogP contribution in [0.25, 0.3) is 10.2 Å². The normalized spacial score (nSPS) is 10.5. The van der Waals surface area contributed by atoms with E-state index in [1.54, 1.807) is 26.4 Å². The number of methoxy groups -OCH3 is 2. The first-order valence-corrected chi connectivity index (χ1v) is 7.32. The molecule has 1 aromatic carbocycles. The van der Waals surface area contributed by atoms with E-state index in [4.69, 9.17) is 9.47 Å². The summed E-state index contributed by atoms with van der Waals surface area (Å²) in [5.74, 6) is 0.688. The number of thiazole rings is 1. The van der Waals surface area contributed by atoms with Crippen LogP contribution in [0.1, 0.15) is 10.5 Å². The Kier molecular flexibility index (Phi) is 3.94. The first-order valence-electron chi connectivity index (χ1n) is 6.50. The zero-order chi connectivity index (χ0) is 16.4. The molecule has 23 heavy (non-hydrogen) atoms. The van der Waals surface area contributed by atoms with Gasteiger partial charge in [0.1, 0.15) is 5.69 Å². The van der Waals surface area contributed by atoms with Crippen molar-refractivity contribution < 1.29 is 14.3 Å². The van der Waals surface area contributed by atoms with E-state index in [1.165, 1.54) is 23.5 Å². The van der Waals surface area contributed by atoms with Gasteiger partial charge in [0, 0.05) is 18.2 Å². The summed E-state index contributed by atoms with van der Waals surface area (Å²) < 4.78 is 11.3. The van der Waals surface area contributed by atoms with E-state index in [0.717, 1.165) is 4.70 Å². The lowest BCUT2D eigenvalue weighted by Gasteiger charge is -2.05. The van der Waals surface area contributed by atoms with Crippen molar-refractivity contribution in [2.45, 2.75) is 0 Å². The number of carbonyl (C=O) groups excluding carboxylic acids is 1. The number of benzene rings is 1. The molecule has 0 saturated heterocycles. The molecule has 118 valence electrons. The van der Waals surface area contributed by atoms with Crippen LogP contribution in [0.3, 0.4) is 0 Å². The number of amides is 1. The van der Waals surface area contributed by atoms with Gasteiger partial charge in [-0.1, -0.05) is 11.3 Å². The molecule has 8 nitrogen and oxygen atoms in total. The predicted molar refractivity (Wildman–Crippen MR) is 85.5 cm³/mol. The average Bonchev–Trinajstić information content (AvgIpc) is 2.94. The Balaban J connectivity index is 1.90. The molecule has 3 rings (SSSR count). The zero-order valence-electron chi connectivity index (χ0n) is 12.2. The summed E-state index contributed by atoms with van der Waals surface area (Å²) in [6.45, 7) is 0. The van der Waals surface area contributed by atoms with Crippen LogP contribution in [0.15, 0.2) is 29.1 Å². The highest BCUT2D eigenvalue weighted by Gasteiger charge is 2.14. The Bertz CT molecular complexity index is 873. The molecule has 0 bridgehead atoms. The van der Waals surface area contributed by atoms with Gasteiger partial charge >= 0.3 is 0 Å². The van der Waals surface area contributed by atoms with Gasteiger partial charge in [-0.2, -0.15) is 5.10 Å². The van der Waals surface area contributed by atoms with Gasteiger partial charge in [0.05, 0.1) is 24.4 Å². The smallest absolute Gasteiger partial charge is 0.277 e. The molecule has 0 atom stereocenters. The van der Waals surface area contributed by atoms with Crippen molar-refractivity contribution in [3.8, 4) is 11.5 Å². The van der Waals surface area contributed by atoms with Crippen LogP contribution in [0.4, 0.5) is 5.13 Å². The number of carbonyl (C=O) groups is 1. The van der Waals surface area contributed by atoms with Crippen LogP contribution in [0, 0.1) is 0 Å². The fourth-order valence-corrected chi connectivity index (χ4v) is 2.81. The van der Waals surface area contributed by atoms with Gasteiger partial charge < -0.3 is 9.47 Å².